The van der Waals surface area contributed by atoms with Crippen LogP contribution in [0.25, 0.3) is 0 Å². The molecule has 0 saturated heterocycles. The highest BCUT2D eigenvalue weighted by molar-refractivity contribution is 9.10. The van der Waals surface area contributed by atoms with Crippen LogP contribution in [0.4, 0.5) is 0 Å². The second-order valence-electron chi connectivity index (χ2n) is 3.81. The number of halogens is 3. The van der Waals surface area contributed by atoms with Crippen LogP contribution >= 0.6 is 39.1 Å². The predicted octanol–water partition coefficient (Wildman–Crippen LogP) is 4.64. The van der Waals surface area contributed by atoms with Gasteiger partial charge in [-0.2, -0.15) is 0 Å². The van der Waals surface area contributed by atoms with Gasteiger partial charge in [-0.3, -0.25) is 0 Å². The molecule has 3 N–H and O–H groups in total. The fourth-order valence-corrected chi connectivity index (χ4v) is 2.19. The summed E-state index contributed by atoms with van der Waals surface area (Å²) in [5, 5.41) is 12.3. The van der Waals surface area contributed by atoms with E-state index in [1.54, 1.807) is 30.3 Å². The Kier molecular flexibility index (Phi) is 4.75. The average Bonchev–Trinajstić information content (AvgIpc) is 2.44. The van der Waals surface area contributed by atoms with Crippen molar-refractivity contribution in [3.8, 4) is 11.5 Å². The van der Waals surface area contributed by atoms with E-state index in [1.165, 1.54) is 6.07 Å². The molecular formula is C13H9BrCl2N2O2. The standard InChI is InChI=1S/C13H9BrCl2N2O2/c14-8-2-3-9(15)12(6-8)20-11-4-1-7(5-10(11)16)13(17)18-19/h1-6,19H,(H2,17,18). The molecule has 104 valence electrons. The Morgan fingerprint density at radius 3 is 2.50 bits per heavy atom. The molecule has 0 radical (unpaired) electrons. The summed E-state index contributed by atoms with van der Waals surface area (Å²) in [6, 6.07) is 10.0. The fraction of sp³-hybridized carbons (Fsp3) is 0. The number of hydrogen-bond acceptors (Lipinski definition) is 3. The normalized spacial score (nSPS) is 11.4. The topological polar surface area (TPSA) is 67.8 Å². The van der Waals surface area contributed by atoms with Gasteiger partial charge >= 0.3 is 0 Å². The number of ether oxygens (including phenoxy) is 1. The molecule has 0 aliphatic carbocycles. The maximum absolute atomic E-state index is 8.62. The smallest absolute Gasteiger partial charge is 0.170 e. The maximum Gasteiger partial charge on any atom is 0.170 e. The summed E-state index contributed by atoms with van der Waals surface area (Å²) in [6.45, 7) is 0. The predicted molar refractivity (Wildman–Crippen MR) is 83.2 cm³/mol. The van der Waals surface area contributed by atoms with Gasteiger partial charge in [0, 0.05) is 10.0 Å². The van der Waals surface area contributed by atoms with Gasteiger partial charge in [0.1, 0.15) is 11.5 Å². The quantitative estimate of drug-likeness (QED) is 0.355. The van der Waals surface area contributed by atoms with Crippen molar-refractivity contribution >= 4 is 45.0 Å². The lowest BCUT2D eigenvalue weighted by atomic mass is 10.2. The summed E-state index contributed by atoms with van der Waals surface area (Å²) < 4.78 is 6.49. The largest absolute Gasteiger partial charge is 0.454 e. The van der Waals surface area contributed by atoms with Crippen LogP contribution in [0.15, 0.2) is 46.0 Å². The van der Waals surface area contributed by atoms with Crippen LogP contribution < -0.4 is 10.5 Å². The first-order chi connectivity index (χ1) is 9.51. The molecule has 0 aliphatic rings. The highest BCUT2D eigenvalue weighted by Gasteiger charge is 2.09. The van der Waals surface area contributed by atoms with Crippen molar-refractivity contribution in [1.82, 2.24) is 0 Å². The summed E-state index contributed by atoms with van der Waals surface area (Å²) in [5.41, 5.74) is 5.97. The molecule has 4 nitrogen and oxygen atoms in total. The van der Waals surface area contributed by atoms with Gasteiger partial charge in [-0.15, -0.1) is 0 Å². The van der Waals surface area contributed by atoms with Gasteiger partial charge in [-0.25, -0.2) is 0 Å². The van der Waals surface area contributed by atoms with Crippen LogP contribution in [-0.4, -0.2) is 11.0 Å². The van der Waals surface area contributed by atoms with Crippen molar-refractivity contribution in [3.63, 3.8) is 0 Å². The van der Waals surface area contributed by atoms with E-state index in [1.807, 2.05) is 0 Å². The third-order valence-corrected chi connectivity index (χ3v) is 3.55. The molecule has 0 unspecified atom stereocenters. The Bertz CT molecular complexity index is 677. The van der Waals surface area contributed by atoms with Gasteiger partial charge in [-0.05, 0) is 36.4 Å². The number of nitrogens with zero attached hydrogens (tertiary/aromatic N) is 1. The van der Waals surface area contributed by atoms with Crippen LogP contribution in [0.1, 0.15) is 5.56 Å². The minimum atomic E-state index is -0.0288. The third kappa shape index (κ3) is 3.36. The molecule has 0 amide bonds. The van der Waals surface area contributed by atoms with Crippen molar-refractivity contribution < 1.29 is 9.94 Å². The van der Waals surface area contributed by atoms with E-state index in [0.29, 0.717) is 27.1 Å². The van der Waals surface area contributed by atoms with Gasteiger partial charge in [0.2, 0.25) is 0 Å². The van der Waals surface area contributed by atoms with E-state index in [4.69, 9.17) is 38.9 Å². The maximum atomic E-state index is 8.62. The summed E-state index contributed by atoms with van der Waals surface area (Å²) >= 11 is 15.5. The van der Waals surface area contributed by atoms with Gasteiger partial charge in [-0.1, -0.05) is 44.3 Å². The Labute approximate surface area is 133 Å². The second-order valence-corrected chi connectivity index (χ2v) is 5.54. The van der Waals surface area contributed by atoms with Gasteiger partial charge in [0.25, 0.3) is 0 Å². The molecule has 0 saturated carbocycles. The first kappa shape index (κ1) is 15.0. The fourth-order valence-electron chi connectivity index (χ4n) is 1.47. The van der Waals surface area contributed by atoms with Crippen molar-refractivity contribution in [3.05, 3.63) is 56.5 Å². The average molecular weight is 376 g/mol. The summed E-state index contributed by atoms with van der Waals surface area (Å²) in [6.07, 6.45) is 0. The van der Waals surface area contributed by atoms with Crippen molar-refractivity contribution in [2.75, 3.05) is 0 Å². The van der Waals surface area contributed by atoms with E-state index in [0.717, 1.165) is 4.47 Å². The summed E-state index contributed by atoms with van der Waals surface area (Å²) in [7, 11) is 0. The SMILES string of the molecule is NC(=NO)c1ccc(Oc2cc(Br)ccc2Cl)c(Cl)c1. The van der Waals surface area contributed by atoms with Gasteiger partial charge in [0.15, 0.2) is 5.84 Å². The molecular weight excluding hydrogens is 367 g/mol. The number of hydrogen-bond donors (Lipinski definition) is 2. The number of rotatable bonds is 3. The van der Waals surface area contributed by atoms with Crippen LogP contribution in [0, 0.1) is 0 Å². The Hall–Kier alpha value is -1.43. The molecule has 7 heteroatoms. The zero-order valence-electron chi connectivity index (χ0n) is 9.98. The van der Waals surface area contributed by atoms with E-state index >= 15 is 0 Å². The minimum Gasteiger partial charge on any atom is -0.454 e. The third-order valence-electron chi connectivity index (χ3n) is 2.45. The van der Waals surface area contributed by atoms with Crippen LogP contribution in [-0.2, 0) is 0 Å². The first-order valence-electron chi connectivity index (χ1n) is 5.41. The lowest BCUT2D eigenvalue weighted by Gasteiger charge is -2.10. The van der Waals surface area contributed by atoms with Crippen molar-refractivity contribution in [2.45, 2.75) is 0 Å². The molecule has 0 fully saturated rings. The second kappa shape index (κ2) is 6.35. The van der Waals surface area contributed by atoms with E-state index in [2.05, 4.69) is 21.1 Å². The number of nitrogens with two attached hydrogens (primary N) is 1. The molecule has 0 spiro atoms. The Morgan fingerprint density at radius 1 is 1.10 bits per heavy atom. The van der Waals surface area contributed by atoms with Crippen LogP contribution in [0.5, 0.6) is 11.5 Å². The molecule has 0 heterocycles. The Balaban J connectivity index is 2.33. The van der Waals surface area contributed by atoms with Crippen molar-refractivity contribution in [2.24, 2.45) is 10.9 Å². The zero-order valence-corrected chi connectivity index (χ0v) is 13.1. The molecule has 0 bridgehead atoms. The lowest BCUT2D eigenvalue weighted by molar-refractivity contribution is 0.318. The van der Waals surface area contributed by atoms with Gasteiger partial charge in [0.05, 0.1) is 10.0 Å². The molecule has 0 atom stereocenters. The number of oxime groups is 1. The monoisotopic (exact) mass is 374 g/mol. The molecule has 20 heavy (non-hydrogen) atoms. The highest BCUT2D eigenvalue weighted by Crippen LogP contribution is 2.35. The van der Waals surface area contributed by atoms with Crippen LogP contribution in [0.3, 0.4) is 0 Å². The van der Waals surface area contributed by atoms with E-state index in [9.17, 15) is 0 Å². The summed E-state index contributed by atoms with van der Waals surface area (Å²) in [5.74, 6) is 0.861. The van der Waals surface area contributed by atoms with Gasteiger partial charge < -0.3 is 15.7 Å². The minimum absolute atomic E-state index is 0.0288. The molecule has 2 rings (SSSR count). The molecule has 0 aromatic heterocycles. The number of amidine groups is 1. The molecule has 2 aromatic rings. The Morgan fingerprint density at radius 2 is 1.85 bits per heavy atom. The highest BCUT2D eigenvalue weighted by atomic mass is 79.9. The lowest BCUT2D eigenvalue weighted by Crippen LogP contribution is -2.12. The summed E-state index contributed by atoms with van der Waals surface area (Å²) in [4.78, 5) is 0. The van der Waals surface area contributed by atoms with Crippen LogP contribution in [0.2, 0.25) is 10.0 Å². The van der Waals surface area contributed by atoms with Crippen molar-refractivity contribution in [1.29, 1.82) is 0 Å². The van der Waals surface area contributed by atoms with E-state index < -0.39 is 0 Å². The first-order valence-corrected chi connectivity index (χ1v) is 6.96. The molecule has 2 aromatic carbocycles. The number of benzene rings is 2. The zero-order chi connectivity index (χ0) is 14.7. The van der Waals surface area contributed by atoms with E-state index in [-0.39, 0.29) is 5.84 Å². The molecule has 0 aliphatic heterocycles.